The second-order valence-electron chi connectivity index (χ2n) is 5.14. The van der Waals surface area contributed by atoms with E-state index in [1.165, 1.54) is 19.3 Å². The first-order chi connectivity index (χ1) is 9.28. The molecular weight excluding hydrogens is 240 g/mol. The third-order valence-corrected chi connectivity index (χ3v) is 3.60. The SMILES string of the molecule is O=C(NCc1ccc(CO)cc1)NC1CCCCC1. The number of carbonyl (C=O) groups excluding carboxylic acids is 1. The summed E-state index contributed by atoms with van der Waals surface area (Å²) in [4.78, 5) is 11.7. The number of urea groups is 1. The molecule has 2 rings (SSSR count). The zero-order valence-electron chi connectivity index (χ0n) is 11.2. The molecule has 4 heteroatoms. The summed E-state index contributed by atoms with van der Waals surface area (Å²) < 4.78 is 0. The third-order valence-electron chi connectivity index (χ3n) is 3.60. The van der Waals surface area contributed by atoms with Crippen LogP contribution in [0.4, 0.5) is 4.79 Å². The van der Waals surface area contributed by atoms with Crippen molar-refractivity contribution in [3.05, 3.63) is 35.4 Å². The molecule has 0 saturated heterocycles. The summed E-state index contributed by atoms with van der Waals surface area (Å²) in [6.07, 6.45) is 5.91. The highest BCUT2D eigenvalue weighted by Crippen LogP contribution is 2.17. The van der Waals surface area contributed by atoms with Crippen molar-refractivity contribution in [1.82, 2.24) is 10.6 Å². The minimum absolute atomic E-state index is 0.0515. The Morgan fingerprint density at radius 1 is 1.11 bits per heavy atom. The fourth-order valence-corrected chi connectivity index (χ4v) is 2.43. The van der Waals surface area contributed by atoms with E-state index in [9.17, 15) is 4.79 Å². The molecule has 1 fully saturated rings. The van der Waals surface area contributed by atoms with E-state index in [1.54, 1.807) is 0 Å². The summed E-state index contributed by atoms with van der Waals surface area (Å²) in [6.45, 7) is 0.570. The highest BCUT2D eigenvalue weighted by molar-refractivity contribution is 5.74. The van der Waals surface area contributed by atoms with Gasteiger partial charge in [-0.3, -0.25) is 0 Å². The van der Waals surface area contributed by atoms with Gasteiger partial charge < -0.3 is 15.7 Å². The zero-order valence-corrected chi connectivity index (χ0v) is 11.2. The number of aliphatic hydroxyl groups excluding tert-OH is 1. The molecule has 1 saturated carbocycles. The van der Waals surface area contributed by atoms with Crippen LogP contribution < -0.4 is 10.6 Å². The Bertz CT molecular complexity index is 397. The van der Waals surface area contributed by atoms with Crippen LogP contribution in [0.2, 0.25) is 0 Å². The topological polar surface area (TPSA) is 61.4 Å². The van der Waals surface area contributed by atoms with Crippen molar-refractivity contribution in [2.45, 2.75) is 51.3 Å². The fourth-order valence-electron chi connectivity index (χ4n) is 2.43. The van der Waals surface area contributed by atoms with Crippen LogP contribution in [0.5, 0.6) is 0 Å². The molecule has 19 heavy (non-hydrogen) atoms. The van der Waals surface area contributed by atoms with Gasteiger partial charge in [-0.25, -0.2) is 4.79 Å². The van der Waals surface area contributed by atoms with Crippen molar-refractivity contribution >= 4 is 6.03 Å². The lowest BCUT2D eigenvalue weighted by molar-refractivity contribution is 0.232. The summed E-state index contributed by atoms with van der Waals surface area (Å²) >= 11 is 0. The molecule has 0 unspecified atom stereocenters. The number of nitrogens with one attached hydrogen (secondary N) is 2. The van der Waals surface area contributed by atoms with Crippen molar-refractivity contribution < 1.29 is 9.90 Å². The molecule has 3 N–H and O–H groups in total. The first-order valence-electron chi connectivity index (χ1n) is 7.01. The van der Waals surface area contributed by atoms with Crippen molar-refractivity contribution in [1.29, 1.82) is 0 Å². The van der Waals surface area contributed by atoms with Crippen molar-refractivity contribution in [3.63, 3.8) is 0 Å². The van der Waals surface area contributed by atoms with Gasteiger partial charge in [-0.1, -0.05) is 43.5 Å². The molecule has 0 spiro atoms. The smallest absolute Gasteiger partial charge is 0.315 e. The monoisotopic (exact) mass is 262 g/mol. The lowest BCUT2D eigenvalue weighted by Gasteiger charge is -2.22. The molecule has 0 atom stereocenters. The van der Waals surface area contributed by atoms with Gasteiger partial charge in [0, 0.05) is 12.6 Å². The van der Waals surface area contributed by atoms with Gasteiger partial charge in [-0.2, -0.15) is 0 Å². The van der Waals surface area contributed by atoms with E-state index in [2.05, 4.69) is 10.6 Å². The van der Waals surface area contributed by atoms with Crippen molar-refractivity contribution in [2.75, 3.05) is 0 Å². The van der Waals surface area contributed by atoms with Gasteiger partial charge in [-0.15, -0.1) is 0 Å². The van der Waals surface area contributed by atoms with Gasteiger partial charge in [-0.05, 0) is 24.0 Å². The van der Waals surface area contributed by atoms with Crippen LogP contribution in [0, 0.1) is 0 Å². The molecule has 4 nitrogen and oxygen atoms in total. The van der Waals surface area contributed by atoms with Crippen LogP contribution in [0.25, 0.3) is 0 Å². The molecule has 1 aromatic rings. The summed E-state index contributed by atoms with van der Waals surface area (Å²) in [7, 11) is 0. The van der Waals surface area contributed by atoms with Crippen LogP contribution in [-0.4, -0.2) is 17.2 Å². The molecular formula is C15H22N2O2. The van der Waals surface area contributed by atoms with E-state index in [1.807, 2.05) is 24.3 Å². The molecule has 0 bridgehead atoms. The molecule has 104 valence electrons. The van der Waals surface area contributed by atoms with E-state index < -0.39 is 0 Å². The maximum absolute atomic E-state index is 11.7. The maximum atomic E-state index is 11.7. The van der Waals surface area contributed by atoms with Gasteiger partial charge in [0.2, 0.25) is 0 Å². The van der Waals surface area contributed by atoms with Gasteiger partial charge in [0.1, 0.15) is 0 Å². The number of aliphatic hydroxyl groups is 1. The number of benzene rings is 1. The molecule has 0 radical (unpaired) electrons. The van der Waals surface area contributed by atoms with E-state index in [0.29, 0.717) is 12.6 Å². The quantitative estimate of drug-likeness (QED) is 0.779. The Labute approximate surface area is 114 Å². The standard InChI is InChI=1S/C15H22N2O2/c18-11-13-8-6-12(7-9-13)10-16-15(19)17-14-4-2-1-3-5-14/h6-9,14,18H,1-5,10-11H2,(H2,16,17,19). The molecule has 1 aliphatic carbocycles. The van der Waals surface area contributed by atoms with E-state index in [4.69, 9.17) is 5.11 Å². The number of amides is 2. The van der Waals surface area contributed by atoms with Gasteiger partial charge >= 0.3 is 6.03 Å². The second kappa shape index (κ2) is 7.14. The lowest BCUT2D eigenvalue weighted by Crippen LogP contribution is -2.42. The van der Waals surface area contributed by atoms with Gasteiger partial charge in [0.05, 0.1) is 6.61 Å². The number of hydrogen-bond donors (Lipinski definition) is 3. The minimum Gasteiger partial charge on any atom is -0.392 e. The molecule has 0 aromatic heterocycles. The number of rotatable bonds is 4. The zero-order chi connectivity index (χ0) is 13.5. The van der Waals surface area contributed by atoms with Crippen LogP contribution >= 0.6 is 0 Å². The Morgan fingerprint density at radius 2 is 1.74 bits per heavy atom. The maximum Gasteiger partial charge on any atom is 0.315 e. The summed E-state index contributed by atoms with van der Waals surface area (Å²) in [5.41, 5.74) is 1.92. The lowest BCUT2D eigenvalue weighted by atomic mass is 9.96. The van der Waals surface area contributed by atoms with Crippen molar-refractivity contribution in [3.8, 4) is 0 Å². The summed E-state index contributed by atoms with van der Waals surface area (Å²) in [5.74, 6) is 0. The highest BCUT2D eigenvalue weighted by Gasteiger charge is 2.15. The van der Waals surface area contributed by atoms with E-state index in [0.717, 1.165) is 24.0 Å². The summed E-state index contributed by atoms with van der Waals surface area (Å²) in [6, 6.07) is 7.84. The largest absolute Gasteiger partial charge is 0.392 e. The Balaban J connectivity index is 1.72. The van der Waals surface area contributed by atoms with Crippen LogP contribution in [0.1, 0.15) is 43.2 Å². The van der Waals surface area contributed by atoms with Gasteiger partial charge in [0.25, 0.3) is 0 Å². The number of carbonyl (C=O) groups is 1. The highest BCUT2D eigenvalue weighted by atomic mass is 16.3. The molecule has 1 aliphatic rings. The fraction of sp³-hybridized carbons (Fsp3) is 0.533. The van der Waals surface area contributed by atoms with Crippen LogP contribution in [-0.2, 0) is 13.2 Å². The van der Waals surface area contributed by atoms with Crippen molar-refractivity contribution in [2.24, 2.45) is 0 Å². The predicted octanol–water partition coefficient (Wildman–Crippen LogP) is 2.31. The Kier molecular flexibility index (Phi) is 5.21. The Morgan fingerprint density at radius 3 is 2.37 bits per heavy atom. The first kappa shape index (κ1) is 13.9. The normalized spacial score (nSPS) is 16.1. The van der Waals surface area contributed by atoms with E-state index >= 15 is 0 Å². The molecule has 2 amide bonds. The van der Waals surface area contributed by atoms with Crippen LogP contribution in [0.15, 0.2) is 24.3 Å². The predicted molar refractivity (Wildman–Crippen MR) is 74.6 cm³/mol. The van der Waals surface area contributed by atoms with Crippen LogP contribution in [0.3, 0.4) is 0 Å². The molecule has 0 heterocycles. The van der Waals surface area contributed by atoms with Gasteiger partial charge in [0.15, 0.2) is 0 Å². The van der Waals surface area contributed by atoms with E-state index in [-0.39, 0.29) is 12.6 Å². The first-order valence-corrected chi connectivity index (χ1v) is 7.01. The third kappa shape index (κ3) is 4.56. The summed E-state index contributed by atoms with van der Waals surface area (Å²) in [5, 5.41) is 14.8. The average molecular weight is 262 g/mol. The Hall–Kier alpha value is -1.55. The molecule has 0 aliphatic heterocycles. The average Bonchev–Trinajstić information content (AvgIpc) is 2.47. The minimum atomic E-state index is -0.0851. The second-order valence-corrected chi connectivity index (χ2v) is 5.14. The number of hydrogen-bond acceptors (Lipinski definition) is 2. The molecule has 1 aromatic carbocycles.